The monoisotopic (exact) mass is 380 g/mol. The number of rotatable bonds is 10. The quantitative estimate of drug-likeness (QED) is 0.461. The molecule has 0 spiro atoms. The summed E-state index contributed by atoms with van der Waals surface area (Å²) in [5, 5.41) is 3.54. The highest BCUT2D eigenvalue weighted by atomic mass is 19.1. The second-order valence-corrected chi connectivity index (χ2v) is 7.36. The van der Waals surface area contributed by atoms with E-state index in [2.05, 4.69) is 34.1 Å². The second-order valence-electron chi connectivity index (χ2n) is 7.36. The fourth-order valence-corrected chi connectivity index (χ4v) is 3.67. The first-order valence-electron chi connectivity index (χ1n) is 10.3. The Morgan fingerprint density at radius 1 is 0.964 bits per heavy atom. The molecule has 0 radical (unpaired) electrons. The van der Waals surface area contributed by atoms with E-state index in [1.54, 1.807) is 24.5 Å². The van der Waals surface area contributed by atoms with Gasteiger partial charge in [0.2, 0.25) is 5.95 Å². The summed E-state index contributed by atoms with van der Waals surface area (Å²) in [6.07, 6.45) is 10.0. The fourth-order valence-electron chi connectivity index (χ4n) is 3.67. The van der Waals surface area contributed by atoms with Gasteiger partial charge in [-0.25, -0.2) is 14.4 Å². The van der Waals surface area contributed by atoms with Gasteiger partial charge in [-0.15, -0.1) is 0 Å². The van der Waals surface area contributed by atoms with Crippen molar-refractivity contribution in [3.8, 4) is 0 Å². The third-order valence-corrected chi connectivity index (χ3v) is 5.14. The van der Waals surface area contributed by atoms with E-state index in [0.29, 0.717) is 11.9 Å². The molecule has 0 aliphatic heterocycles. The molecule has 1 N–H and O–H groups in total. The third kappa shape index (κ3) is 5.47. The third-order valence-electron chi connectivity index (χ3n) is 5.14. The molecule has 4 nitrogen and oxygen atoms in total. The largest absolute Gasteiger partial charge is 0.351 e. The van der Waals surface area contributed by atoms with Gasteiger partial charge in [-0.05, 0) is 55.0 Å². The van der Waals surface area contributed by atoms with Crippen molar-refractivity contribution in [3.63, 3.8) is 0 Å². The van der Waals surface area contributed by atoms with Crippen LogP contribution in [0.4, 0.5) is 10.3 Å². The summed E-state index contributed by atoms with van der Waals surface area (Å²) in [6, 6.07) is 11.1. The van der Waals surface area contributed by atoms with Crippen molar-refractivity contribution in [1.82, 2.24) is 15.0 Å². The number of unbranched alkanes of at least 4 members (excludes halogenated alkanes) is 1. The summed E-state index contributed by atoms with van der Waals surface area (Å²) in [5.74, 6) is 0.860. The van der Waals surface area contributed by atoms with Gasteiger partial charge in [0.05, 0.1) is 11.7 Å². The highest BCUT2D eigenvalue weighted by Crippen LogP contribution is 2.29. The maximum atomic E-state index is 13.4. The van der Waals surface area contributed by atoms with Crippen molar-refractivity contribution in [2.45, 2.75) is 64.3 Å². The van der Waals surface area contributed by atoms with Gasteiger partial charge in [0, 0.05) is 12.2 Å². The Balaban J connectivity index is 1.76. The lowest BCUT2D eigenvalue weighted by molar-refractivity contribution is 0.481. The Morgan fingerprint density at radius 3 is 2.54 bits per heavy atom. The van der Waals surface area contributed by atoms with Crippen molar-refractivity contribution in [3.05, 3.63) is 60.2 Å². The van der Waals surface area contributed by atoms with E-state index in [0.717, 1.165) is 43.1 Å². The summed E-state index contributed by atoms with van der Waals surface area (Å²) < 4.78 is 13.4. The first kappa shape index (κ1) is 20.2. The molecule has 1 aromatic carbocycles. The number of nitrogens with zero attached hydrogens (tertiary/aromatic N) is 3. The molecule has 0 aliphatic carbocycles. The Morgan fingerprint density at radius 2 is 1.79 bits per heavy atom. The average molecular weight is 381 g/mol. The molecule has 2 unspecified atom stereocenters. The average Bonchev–Trinajstić information content (AvgIpc) is 2.72. The number of anilines is 1. The van der Waals surface area contributed by atoms with Gasteiger partial charge >= 0.3 is 0 Å². The van der Waals surface area contributed by atoms with Crippen LogP contribution >= 0.6 is 0 Å². The number of halogens is 1. The van der Waals surface area contributed by atoms with E-state index >= 15 is 0 Å². The molecular formula is C23H29FN4. The topological polar surface area (TPSA) is 50.7 Å². The number of benzene rings is 1. The summed E-state index contributed by atoms with van der Waals surface area (Å²) in [6.45, 7) is 4.40. The first-order valence-corrected chi connectivity index (χ1v) is 10.3. The number of fused-ring (bicyclic) bond motifs is 1. The molecule has 3 rings (SSSR count). The second kappa shape index (κ2) is 10.1. The molecule has 5 heteroatoms. The van der Waals surface area contributed by atoms with Crippen molar-refractivity contribution in [2.24, 2.45) is 0 Å². The van der Waals surface area contributed by atoms with Crippen LogP contribution in [0.5, 0.6) is 0 Å². The SMILES string of the molecule is CCCCC(CC(CCC)Nc1ncc2ncccc2n1)c1ccc(F)cc1. The van der Waals surface area contributed by atoms with Crippen molar-refractivity contribution >= 4 is 17.0 Å². The predicted octanol–water partition coefficient (Wildman–Crippen LogP) is 6.11. The molecule has 0 saturated heterocycles. The van der Waals surface area contributed by atoms with Gasteiger partial charge in [-0.2, -0.15) is 0 Å². The number of aromatic nitrogens is 3. The zero-order chi connectivity index (χ0) is 19.8. The number of hydrogen-bond acceptors (Lipinski definition) is 4. The van der Waals surface area contributed by atoms with Crippen LogP contribution in [0.2, 0.25) is 0 Å². The maximum Gasteiger partial charge on any atom is 0.223 e. The zero-order valence-corrected chi connectivity index (χ0v) is 16.7. The number of hydrogen-bond donors (Lipinski definition) is 1. The molecule has 2 aromatic heterocycles. The van der Waals surface area contributed by atoms with Gasteiger partial charge in [0.1, 0.15) is 11.3 Å². The van der Waals surface area contributed by atoms with Crippen LogP contribution < -0.4 is 5.32 Å². The molecule has 28 heavy (non-hydrogen) atoms. The summed E-state index contributed by atoms with van der Waals surface area (Å²) in [4.78, 5) is 13.3. The highest BCUT2D eigenvalue weighted by molar-refractivity contribution is 5.73. The van der Waals surface area contributed by atoms with Crippen LogP contribution in [-0.2, 0) is 0 Å². The standard InChI is InChI=1S/C23H29FN4/c1-3-5-8-18(17-10-12-19(24)13-11-17)15-20(7-4-2)27-23-26-16-22-21(28-23)9-6-14-25-22/h6,9-14,16,18,20H,3-5,7-8,15H2,1-2H3,(H,26,27,28). The maximum absolute atomic E-state index is 13.4. The molecular weight excluding hydrogens is 351 g/mol. The Bertz CT molecular complexity index is 866. The van der Waals surface area contributed by atoms with Gasteiger partial charge < -0.3 is 5.32 Å². The molecule has 0 bridgehead atoms. The van der Waals surface area contributed by atoms with E-state index in [1.165, 1.54) is 12.0 Å². The van der Waals surface area contributed by atoms with E-state index in [9.17, 15) is 4.39 Å². The van der Waals surface area contributed by atoms with Crippen LogP contribution in [-0.4, -0.2) is 21.0 Å². The number of pyridine rings is 1. The van der Waals surface area contributed by atoms with E-state index in [1.807, 2.05) is 24.3 Å². The normalized spacial score (nSPS) is 13.4. The summed E-state index contributed by atoms with van der Waals surface area (Å²) >= 11 is 0. The van der Waals surface area contributed by atoms with E-state index in [-0.39, 0.29) is 11.9 Å². The van der Waals surface area contributed by atoms with Crippen molar-refractivity contribution in [2.75, 3.05) is 5.32 Å². The highest BCUT2D eigenvalue weighted by Gasteiger charge is 2.19. The molecule has 0 fully saturated rings. The Hall–Kier alpha value is -2.56. The number of nitrogens with one attached hydrogen (secondary N) is 1. The van der Waals surface area contributed by atoms with Gasteiger partial charge in [0.25, 0.3) is 0 Å². The minimum absolute atomic E-state index is 0.181. The first-order chi connectivity index (χ1) is 13.7. The fraction of sp³-hybridized carbons (Fsp3) is 0.435. The van der Waals surface area contributed by atoms with Crippen molar-refractivity contribution in [1.29, 1.82) is 0 Å². The molecule has 0 saturated carbocycles. The van der Waals surface area contributed by atoms with E-state index < -0.39 is 0 Å². The molecule has 148 valence electrons. The molecule has 3 aromatic rings. The summed E-state index contributed by atoms with van der Waals surface area (Å²) in [7, 11) is 0. The minimum Gasteiger partial charge on any atom is -0.351 e. The summed E-state index contributed by atoms with van der Waals surface area (Å²) in [5.41, 5.74) is 2.85. The Labute approximate surface area is 166 Å². The Kier molecular flexibility index (Phi) is 7.29. The molecule has 2 heterocycles. The van der Waals surface area contributed by atoms with Crippen LogP contribution in [0.3, 0.4) is 0 Å². The lowest BCUT2D eigenvalue weighted by Crippen LogP contribution is -2.23. The van der Waals surface area contributed by atoms with Crippen LogP contribution in [0.25, 0.3) is 11.0 Å². The van der Waals surface area contributed by atoms with E-state index in [4.69, 9.17) is 0 Å². The molecule has 2 atom stereocenters. The molecule has 0 amide bonds. The minimum atomic E-state index is -0.181. The van der Waals surface area contributed by atoms with Gasteiger partial charge in [-0.3, -0.25) is 4.98 Å². The lowest BCUT2D eigenvalue weighted by Gasteiger charge is -2.25. The van der Waals surface area contributed by atoms with Crippen molar-refractivity contribution < 1.29 is 4.39 Å². The predicted molar refractivity (Wildman–Crippen MR) is 113 cm³/mol. The van der Waals surface area contributed by atoms with Crippen LogP contribution in [0.15, 0.2) is 48.8 Å². The zero-order valence-electron chi connectivity index (χ0n) is 16.7. The van der Waals surface area contributed by atoms with Crippen LogP contribution in [0, 0.1) is 5.82 Å². The lowest BCUT2D eigenvalue weighted by atomic mass is 9.86. The molecule has 0 aliphatic rings. The van der Waals surface area contributed by atoms with Crippen LogP contribution in [0.1, 0.15) is 63.9 Å². The van der Waals surface area contributed by atoms with Gasteiger partial charge in [0.15, 0.2) is 0 Å². The van der Waals surface area contributed by atoms with Gasteiger partial charge in [-0.1, -0.05) is 45.2 Å². The smallest absolute Gasteiger partial charge is 0.223 e.